The number of rotatable bonds is 8. The predicted molar refractivity (Wildman–Crippen MR) is 109 cm³/mol. The number of fused-ring (bicyclic) bond motifs is 1. The summed E-state index contributed by atoms with van der Waals surface area (Å²) in [7, 11) is 0. The molecule has 2 unspecified atom stereocenters. The smallest absolute Gasteiger partial charge is 0.316 e. The number of anilines is 1. The van der Waals surface area contributed by atoms with Crippen LogP contribution in [0.2, 0.25) is 0 Å². The van der Waals surface area contributed by atoms with E-state index in [0.717, 1.165) is 11.3 Å². The van der Waals surface area contributed by atoms with Crippen LogP contribution in [-0.2, 0) is 19.2 Å². The Balaban J connectivity index is 1.72. The molecule has 2 aliphatic heterocycles. The molecule has 1 aromatic heterocycles. The summed E-state index contributed by atoms with van der Waals surface area (Å²) in [5.41, 5.74) is 4.54. The van der Waals surface area contributed by atoms with Crippen molar-refractivity contribution >= 4 is 51.7 Å². The number of oxime groups is 1. The number of carbonyl (C=O) groups is 3. The molecule has 2 saturated heterocycles. The molecule has 0 aromatic carbocycles. The molecule has 0 spiro atoms. The average Bonchev–Trinajstić information content (AvgIpc) is 3.14. The Morgan fingerprint density at radius 3 is 2.90 bits per heavy atom. The second kappa shape index (κ2) is 8.25. The van der Waals surface area contributed by atoms with Crippen LogP contribution in [0.4, 0.5) is 5.13 Å². The van der Waals surface area contributed by atoms with Crippen LogP contribution < -0.4 is 11.1 Å². The fourth-order valence-electron chi connectivity index (χ4n) is 2.90. The SMILES string of the molecule is C=CCON=C(C(=O)NC1C(=O)N2CC(C=C)(C(=O)O)CS[C@H]12)c1csc(N)n1. The molecule has 1 aromatic rings. The number of thiazole rings is 1. The Labute approximate surface area is 174 Å². The van der Waals surface area contributed by atoms with Crippen LogP contribution in [0.1, 0.15) is 5.69 Å². The fourth-order valence-corrected chi connectivity index (χ4v) is 4.98. The molecule has 3 rings (SSSR count). The molecule has 12 heteroatoms. The van der Waals surface area contributed by atoms with Crippen LogP contribution in [0.3, 0.4) is 0 Å². The van der Waals surface area contributed by atoms with Crippen molar-refractivity contribution in [3.63, 3.8) is 0 Å². The summed E-state index contributed by atoms with van der Waals surface area (Å²) in [6.07, 6.45) is 2.82. The molecular weight excluding hydrogens is 418 g/mol. The van der Waals surface area contributed by atoms with Crippen LogP contribution in [0, 0.1) is 5.41 Å². The average molecular weight is 438 g/mol. The fraction of sp³-hybridized carbons (Fsp3) is 0.353. The van der Waals surface area contributed by atoms with Crippen LogP contribution in [0.15, 0.2) is 35.8 Å². The molecule has 0 aliphatic carbocycles. The number of nitrogen functional groups attached to an aromatic ring is 1. The lowest BCUT2D eigenvalue weighted by molar-refractivity contribution is -0.156. The van der Waals surface area contributed by atoms with Crippen molar-refractivity contribution in [3.05, 3.63) is 36.4 Å². The number of hydrogen-bond donors (Lipinski definition) is 3. The Hall–Kier alpha value is -2.86. The largest absolute Gasteiger partial charge is 0.481 e. The standard InChI is InChI=1S/C17H19N5O5S2/c1-3-5-27-21-10(9-6-28-16(18)19-9)12(23)20-11-13(24)22-7-17(4-2,15(25)26)8-29-14(11)22/h3-4,6,11,14H,1-2,5,7-8H2,(H2,18,19)(H,20,23)(H,25,26)/t11?,14-,17?/m1/s1. The second-order valence-electron chi connectivity index (χ2n) is 6.38. The van der Waals surface area contributed by atoms with E-state index in [0.29, 0.717) is 0 Å². The van der Waals surface area contributed by atoms with Gasteiger partial charge in [0, 0.05) is 17.7 Å². The van der Waals surface area contributed by atoms with Gasteiger partial charge in [-0.3, -0.25) is 14.4 Å². The molecule has 2 fully saturated rings. The van der Waals surface area contributed by atoms with Crippen LogP contribution in [-0.4, -0.2) is 68.8 Å². The minimum Gasteiger partial charge on any atom is -0.481 e. The van der Waals surface area contributed by atoms with Gasteiger partial charge in [0.05, 0.1) is 0 Å². The van der Waals surface area contributed by atoms with E-state index in [9.17, 15) is 19.5 Å². The van der Waals surface area contributed by atoms with E-state index in [1.807, 2.05) is 0 Å². The summed E-state index contributed by atoms with van der Waals surface area (Å²) in [5, 5.41) is 17.4. The summed E-state index contributed by atoms with van der Waals surface area (Å²) in [4.78, 5) is 47.3. The first-order chi connectivity index (χ1) is 13.8. The first kappa shape index (κ1) is 20.9. The molecular formula is C17H19N5O5S2. The second-order valence-corrected chi connectivity index (χ2v) is 8.37. The van der Waals surface area contributed by atoms with Crippen molar-refractivity contribution < 1.29 is 24.3 Å². The normalized spacial score (nSPS) is 26.1. The van der Waals surface area contributed by atoms with Crippen molar-refractivity contribution in [2.24, 2.45) is 10.6 Å². The summed E-state index contributed by atoms with van der Waals surface area (Å²) in [6.45, 7) is 7.20. The van der Waals surface area contributed by atoms with E-state index >= 15 is 0 Å². The quantitative estimate of drug-likeness (QED) is 0.173. The zero-order chi connectivity index (χ0) is 21.2. The molecule has 10 nitrogen and oxygen atoms in total. The monoisotopic (exact) mass is 437 g/mol. The zero-order valence-electron chi connectivity index (χ0n) is 15.2. The molecule has 154 valence electrons. The number of carboxylic acids is 1. The molecule has 0 bridgehead atoms. The number of β-lactam (4-membered cyclic amide) rings is 1. The molecule has 3 heterocycles. The van der Waals surface area contributed by atoms with E-state index in [1.54, 1.807) is 5.38 Å². The maximum atomic E-state index is 12.7. The number of aliphatic carboxylic acids is 1. The zero-order valence-corrected chi connectivity index (χ0v) is 16.9. The van der Waals surface area contributed by atoms with Crippen molar-refractivity contribution in [2.75, 3.05) is 24.6 Å². The third kappa shape index (κ3) is 3.85. The Bertz CT molecular complexity index is 901. The molecule has 2 amide bonds. The van der Waals surface area contributed by atoms with E-state index in [1.165, 1.54) is 28.8 Å². The van der Waals surface area contributed by atoms with E-state index in [-0.39, 0.29) is 46.7 Å². The molecule has 0 saturated carbocycles. The van der Waals surface area contributed by atoms with Crippen molar-refractivity contribution in [1.29, 1.82) is 0 Å². The lowest BCUT2D eigenvalue weighted by atomic mass is 9.87. The highest BCUT2D eigenvalue weighted by molar-refractivity contribution is 8.00. The van der Waals surface area contributed by atoms with Crippen molar-refractivity contribution in [1.82, 2.24) is 15.2 Å². The topological polar surface area (TPSA) is 147 Å². The Morgan fingerprint density at radius 2 is 2.31 bits per heavy atom. The third-order valence-electron chi connectivity index (χ3n) is 4.54. The Morgan fingerprint density at radius 1 is 1.55 bits per heavy atom. The van der Waals surface area contributed by atoms with Gasteiger partial charge in [0.1, 0.15) is 29.1 Å². The molecule has 4 N–H and O–H groups in total. The maximum absolute atomic E-state index is 12.7. The number of nitrogens with one attached hydrogen (secondary N) is 1. The first-order valence-corrected chi connectivity index (χ1v) is 10.4. The highest BCUT2D eigenvalue weighted by Crippen LogP contribution is 2.42. The lowest BCUT2D eigenvalue weighted by Crippen LogP contribution is -2.73. The number of hydrogen-bond acceptors (Lipinski definition) is 9. The summed E-state index contributed by atoms with van der Waals surface area (Å²) >= 11 is 2.42. The van der Waals surface area contributed by atoms with E-state index < -0.39 is 23.3 Å². The van der Waals surface area contributed by atoms with Crippen molar-refractivity contribution in [3.8, 4) is 0 Å². The summed E-state index contributed by atoms with van der Waals surface area (Å²) in [6, 6.07) is -0.801. The van der Waals surface area contributed by atoms with Gasteiger partial charge in [0.2, 0.25) is 5.91 Å². The van der Waals surface area contributed by atoms with Crippen molar-refractivity contribution in [2.45, 2.75) is 11.4 Å². The van der Waals surface area contributed by atoms with Crippen LogP contribution in [0.5, 0.6) is 0 Å². The highest BCUT2D eigenvalue weighted by Gasteiger charge is 2.56. The maximum Gasteiger partial charge on any atom is 0.316 e. The molecule has 2 aliphatic rings. The number of carboxylic acid groups (broad SMARTS) is 1. The van der Waals surface area contributed by atoms with Gasteiger partial charge in [-0.1, -0.05) is 23.9 Å². The number of thioether (sulfide) groups is 1. The van der Waals surface area contributed by atoms with E-state index in [4.69, 9.17) is 10.6 Å². The van der Waals surface area contributed by atoms with Gasteiger partial charge in [0.25, 0.3) is 5.91 Å². The van der Waals surface area contributed by atoms with Gasteiger partial charge in [-0.2, -0.15) is 0 Å². The lowest BCUT2D eigenvalue weighted by Gasteiger charge is -2.53. The predicted octanol–water partition coefficient (Wildman–Crippen LogP) is 0.289. The highest BCUT2D eigenvalue weighted by atomic mass is 32.2. The number of carbonyl (C=O) groups excluding carboxylic acids is 2. The van der Waals surface area contributed by atoms with E-state index in [2.05, 4.69) is 28.6 Å². The molecule has 29 heavy (non-hydrogen) atoms. The Kier molecular flexibility index (Phi) is 5.94. The van der Waals surface area contributed by atoms with Gasteiger partial charge < -0.3 is 25.9 Å². The summed E-state index contributed by atoms with van der Waals surface area (Å²) in [5.74, 6) is -1.80. The summed E-state index contributed by atoms with van der Waals surface area (Å²) < 4.78 is 0. The number of nitrogens with two attached hydrogens (primary N) is 1. The number of amides is 2. The van der Waals surface area contributed by atoms with Gasteiger partial charge >= 0.3 is 5.97 Å². The molecule has 0 radical (unpaired) electrons. The minimum absolute atomic E-state index is 0.0146. The van der Waals surface area contributed by atoms with Gasteiger partial charge in [0.15, 0.2) is 10.8 Å². The van der Waals surface area contributed by atoms with Gasteiger partial charge in [-0.05, 0) is 0 Å². The van der Waals surface area contributed by atoms with Crippen LogP contribution in [0.25, 0.3) is 0 Å². The molecule has 3 atom stereocenters. The van der Waals surface area contributed by atoms with Gasteiger partial charge in [-0.25, -0.2) is 4.98 Å². The number of aromatic nitrogens is 1. The first-order valence-electron chi connectivity index (χ1n) is 8.45. The van der Waals surface area contributed by atoms with Crippen LogP contribution >= 0.6 is 23.1 Å². The van der Waals surface area contributed by atoms with Gasteiger partial charge in [-0.15, -0.1) is 29.7 Å². The minimum atomic E-state index is -1.20. The number of nitrogens with zero attached hydrogens (tertiary/aromatic N) is 3. The third-order valence-corrected chi connectivity index (χ3v) is 6.76.